The number of carbonyl (C=O) groups is 1. The number of nitrogens with zero attached hydrogens (tertiary/aromatic N) is 2. The lowest BCUT2D eigenvalue weighted by Crippen LogP contribution is -2.40. The van der Waals surface area contributed by atoms with Gasteiger partial charge >= 0.3 is 0 Å². The molecule has 0 N–H and O–H groups in total. The highest BCUT2D eigenvalue weighted by molar-refractivity contribution is 8.18. The third-order valence-electron chi connectivity index (χ3n) is 7.12. The van der Waals surface area contributed by atoms with E-state index in [0.717, 1.165) is 34.2 Å². The molecule has 1 aliphatic heterocycles. The van der Waals surface area contributed by atoms with Crippen molar-refractivity contribution in [2.75, 3.05) is 0 Å². The summed E-state index contributed by atoms with van der Waals surface area (Å²) < 4.78 is 0. The standard InChI is InChI=1S/C31H28N2OS/c1-21-15-17-24(18-16-21)32-31-33(25-11-3-2-4-12-25)30(34)29(35-31)20-28-26-13-7-5-9-22(26)19-23-10-6-8-14-27(23)28/h5-10,13-20,25H,2-4,11-12H2,1H3/b29-20+,32-31?. The first kappa shape index (κ1) is 22.1. The fourth-order valence-electron chi connectivity index (χ4n) is 5.29. The smallest absolute Gasteiger partial charge is 0.267 e. The maximum atomic E-state index is 13.9. The van der Waals surface area contributed by atoms with E-state index in [4.69, 9.17) is 4.99 Å². The van der Waals surface area contributed by atoms with E-state index in [1.165, 1.54) is 58.1 Å². The number of hydrogen-bond acceptors (Lipinski definition) is 3. The molecule has 4 aromatic rings. The predicted octanol–water partition coefficient (Wildman–Crippen LogP) is 8.24. The van der Waals surface area contributed by atoms with Gasteiger partial charge in [-0.1, -0.05) is 85.5 Å². The predicted molar refractivity (Wildman–Crippen MR) is 149 cm³/mol. The van der Waals surface area contributed by atoms with Crippen molar-refractivity contribution in [1.29, 1.82) is 0 Å². The largest absolute Gasteiger partial charge is 0.283 e. The molecule has 0 unspecified atom stereocenters. The van der Waals surface area contributed by atoms with Crippen LogP contribution in [0.15, 0.2) is 88.8 Å². The molecular formula is C31H28N2OS. The number of thioether (sulfide) groups is 1. The molecule has 6 rings (SSSR count). The molecule has 0 atom stereocenters. The van der Waals surface area contributed by atoms with Gasteiger partial charge in [-0.2, -0.15) is 0 Å². The zero-order valence-electron chi connectivity index (χ0n) is 19.9. The summed E-state index contributed by atoms with van der Waals surface area (Å²) in [5.74, 6) is 0.0878. The summed E-state index contributed by atoms with van der Waals surface area (Å²) in [4.78, 5) is 21.6. The third-order valence-corrected chi connectivity index (χ3v) is 8.11. The Morgan fingerprint density at radius 2 is 1.49 bits per heavy atom. The number of aryl methyl sites for hydroxylation is 1. The van der Waals surface area contributed by atoms with Crippen LogP contribution in [0.2, 0.25) is 0 Å². The Labute approximate surface area is 210 Å². The first-order valence-corrected chi connectivity index (χ1v) is 13.3. The van der Waals surface area contributed by atoms with Crippen molar-refractivity contribution in [3.8, 4) is 0 Å². The maximum Gasteiger partial charge on any atom is 0.267 e. The van der Waals surface area contributed by atoms with Crippen LogP contribution in [0.4, 0.5) is 5.69 Å². The molecule has 2 fully saturated rings. The van der Waals surface area contributed by atoms with Crippen LogP contribution in [0, 0.1) is 6.92 Å². The van der Waals surface area contributed by atoms with Gasteiger partial charge in [-0.3, -0.25) is 9.69 Å². The average molecular weight is 477 g/mol. The molecule has 1 amide bonds. The number of carbonyl (C=O) groups excluding carboxylic acids is 1. The highest BCUT2D eigenvalue weighted by atomic mass is 32.2. The molecule has 4 heteroatoms. The fraction of sp³-hybridized carbons (Fsp3) is 0.226. The van der Waals surface area contributed by atoms with E-state index in [2.05, 4.69) is 79.7 Å². The zero-order valence-corrected chi connectivity index (χ0v) is 20.7. The van der Waals surface area contributed by atoms with Gasteiger partial charge in [0, 0.05) is 6.04 Å². The first-order valence-electron chi connectivity index (χ1n) is 12.5. The summed E-state index contributed by atoms with van der Waals surface area (Å²) in [5.41, 5.74) is 3.20. The van der Waals surface area contributed by atoms with Gasteiger partial charge in [0.05, 0.1) is 10.6 Å². The van der Waals surface area contributed by atoms with E-state index in [0.29, 0.717) is 0 Å². The molecule has 0 bridgehead atoms. The number of hydrogen-bond donors (Lipinski definition) is 0. The van der Waals surface area contributed by atoms with Crippen LogP contribution in [-0.2, 0) is 4.79 Å². The van der Waals surface area contributed by atoms with Crippen LogP contribution in [-0.4, -0.2) is 22.0 Å². The molecule has 2 aliphatic rings. The van der Waals surface area contributed by atoms with E-state index >= 15 is 0 Å². The molecule has 3 nitrogen and oxygen atoms in total. The minimum atomic E-state index is 0.0878. The van der Waals surface area contributed by atoms with Crippen LogP contribution in [0.1, 0.15) is 43.2 Å². The van der Waals surface area contributed by atoms with Crippen molar-refractivity contribution in [3.05, 3.63) is 94.9 Å². The molecule has 4 aromatic carbocycles. The summed E-state index contributed by atoms with van der Waals surface area (Å²) in [5, 5.41) is 5.51. The lowest BCUT2D eigenvalue weighted by atomic mass is 9.94. The van der Waals surface area contributed by atoms with Gasteiger partial charge in [0.2, 0.25) is 0 Å². The van der Waals surface area contributed by atoms with Crippen molar-refractivity contribution < 1.29 is 4.79 Å². The van der Waals surface area contributed by atoms with Gasteiger partial charge in [-0.05, 0) is 82.9 Å². The molecule has 0 aromatic heterocycles. The second kappa shape index (κ2) is 9.35. The minimum Gasteiger partial charge on any atom is -0.283 e. The van der Waals surface area contributed by atoms with E-state index in [1.807, 2.05) is 17.0 Å². The van der Waals surface area contributed by atoms with Crippen molar-refractivity contribution in [1.82, 2.24) is 4.90 Å². The Morgan fingerprint density at radius 1 is 0.857 bits per heavy atom. The number of amidine groups is 1. The number of aliphatic imine (C=N–C) groups is 1. The number of rotatable bonds is 3. The van der Waals surface area contributed by atoms with Crippen LogP contribution >= 0.6 is 11.8 Å². The van der Waals surface area contributed by atoms with E-state index in [-0.39, 0.29) is 11.9 Å². The Morgan fingerprint density at radius 3 is 2.14 bits per heavy atom. The van der Waals surface area contributed by atoms with Gasteiger partial charge in [0.15, 0.2) is 5.17 Å². The molecular weight excluding hydrogens is 448 g/mol. The van der Waals surface area contributed by atoms with Crippen molar-refractivity contribution in [3.63, 3.8) is 0 Å². The number of amides is 1. The normalized spacial score (nSPS) is 19.5. The average Bonchev–Trinajstić information content (AvgIpc) is 3.20. The van der Waals surface area contributed by atoms with Gasteiger partial charge < -0.3 is 0 Å². The first-order chi connectivity index (χ1) is 17.2. The lowest BCUT2D eigenvalue weighted by molar-refractivity contribution is -0.124. The Bertz CT molecular complexity index is 1430. The molecule has 1 aliphatic carbocycles. The van der Waals surface area contributed by atoms with Crippen LogP contribution in [0.5, 0.6) is 0 Å². The molecule has 1 saturated heterocycles. The quantitative estimate of drug-likeness (QED) is 0.220. The Kier molecular flexibility index (Phi) is 5.91. The molecule has 1 heterocycles. The molecule has 35 heavy (non-hydrogen) atoms. The minimum absolute atomic E-state index is 0.0878. The lowest BCUT2D eigenvalue weighted by Gasteiger charge is -2.30. The second-order valence-corrected chi connectivity index (χ2v) is 10.5. The zero-order chi connectivity index (χ0) is 23.8. The van der Waals surface area contributed by atoms with Crippen molar-refractivity contribution in [2.45, 2.75) is 45.1 Å². The van der Waals surface area contributed by atoms with E-state index in [9.17, 15) is 4.79 Å². The van der Waals surface area contributed by atoms with Crippen LogP contribution < -0.4 is 0 Å². The molecule has 174 valence electrons. The monoisotopic (exact) mass is 476 g/mol. The molecule has 1 saturated carbocycles. The summed E-state index contributed by atoms with van der Waals surface area (Å²) in [6.07, 6.45) is 7.78. The Balaban J connectivity index is 1.49. The summed E-state index contributed by atoms with van der Waals surface area (Å²) in [6, 6.07) is 27.5. The molecule has 0 radical (unpaired) electrons. The highest BCUT2D eigenvalue weighted by Gasteiger charge is 2.38. The maximum absolute atomic E-state index is 13.9. The third kappa shape index (κ3) is 4.28. The van der Waals surface area contributed by atoms with E-state index in [1.54, 1.807) is 0 Å². The van der Waals surface area contributed by atoms with Gasteiger partial charge in [-0.25, -0.2) is 4.99 Å². The van der Waals surface area contributed by atoms with Gasteiger partial charge in [0.25, 0.3) is 5.91 Å². The highest BCUT2D eigenvalue weighted by Crippen LogP contribution is 2.40. The number of fused-ring (bicyclic) bond motifs is 2. The summed E-state index contributed by atoms with van der Waals surface area (Å²) in [6.45, 7) is 2.08. The fourth-order valence-corrected chi connectivity index (χ4v) is 6.33. The summed E-state index contributed by atoms with van der Waals surface area (Å²) >= 11 is 1.52. The van der Waals surface area contributed by atoms with E-state index < -0.39 is 0 Å². The SMILES string of the molecule is Cc1ccc(N=C2S/C(=C/c3c4ccccc4cc4ccccc34)C(=O)N2C2CCCCC2)cc1. The molecule has 0 spiro atoms. The van der Waals surface area contributed by atoms with Crippen molar-refractivity contribution in [2.24, 2.45) is 4.99 Å². The van der Waals surface area contributed by atoms with Gasteiger partial charge in [0.1, 0.15) is 0 Å². The van der Waals surface area contributed by atoms with Crippen molar-refractivity contribution >= 4 is 56.1 Å². The van der Waals surface area contributed by atoms with Crippen LogP contribution in [0.25, 0.3) is 27.6 Å². The van der Waals surface area contributed by atoms with Gasteiger partial charge in [-0.15, -0.1) is 0 Å². The number of benzene rings is 4. The van der Waals surface area contributed by atoms with Crippen LogP contribution in [0.3, 0.4) is 0 Å². The Hall–Kier alpha value is -3.37. The second-order valence-electron chi connectivity index (χ2n) is 9.54. The topological polar surface area (TPSA) is 32.7 Å². The summed E-state index contributed by atoms with van der Waals surface area (Å²) in [7, 11) is 0.